The van der Waals surface area contributed by atoms with Gasteiger partial charge in [0, 0.05) is 35.7 Å². The van der Waals surface area contributed by atoms with Gasteiger partial charge in [0.2, 0.25) is 0 Å². The third kappa shape index (κ3) is 2.62. The minimum atomic E-state index is 0.201. The normalized spacial score (nSPS) is 24.5. The third-order valence-corrected chi connectivity index (χ3v) is 4.02. The second kappa shape index (κ2) is 4.09. The van der Waals surface area contributed by atoms with E-state index in [1.807, 2.05) is 6.20 Å². The number of hydrogen-bond donors (Lipinski definition) is 1. The summed E-state index contributed by atoms with van der Waals surface area (Å²) in [5.41, 5.74) is 0.411. The van der Waals surface area contributed by atoms with Gasteiger partial charge >= 0.3 is 0 Å². The summed E-state index contributed by atoms with van der Waals surface area (Å²) >= 11 is 1.74. The molecule has 0 bridgehead atoms. The molecular weight excluding hydrogens is 218 g/mol. The van der Waals surface area contributed by atoms with Crippen LogP contribution >= 0.6 is 11.3 Å². The molecule has 16 heavy (non-hydrogen) atoms. The van der Waals surface area contributed by atoms with E-state index < -0.39 is 0 Å². The first kappa shape index (κ1) is 12.0. The fourth-order valence-electron chi connectivity index (χ4n) is 2.08. The molecule has 90 valence electrons. The predicted molar refractivity (Wildman–Crippen MR) is 68.7 cm³/mol. The van der Waals surface area contributed by atoms with Crippen molar-refractivity contribution >= 4 is 11.3 Å². The minimum absolute atomic E-state index is 0.201. The number of rotatable bonds is 2. The second-order valence-corrected chi connectivity index (χ2v) is 6.81. The highest BCUT2D eigenvalue weighted by atomic mass is 32.1. The maximum Gasteiger partial charge on any atom is 0.107 e. The number of hydrogen-bond acceptors (Lipinski definition) is 4. The second-order valence-electron chi connectivity index (χ2n) is 5.83. The summed E-state index contributed by atoms with van der Waals surface area (Å²) in [7, 11) is 0. The molecule has 0 aliphatic carbocycles. The van der Waals surface area contributed by atoms with Crippen molar-refractivity contribution in [1.82, 2.24) is 15.2 Å². The van der Waals surface area contributed by atoms with Gasteiger partial charge in [0.1, 0.15) is 5.01 Å². The first-order chi connectivity index (χ1) is 7.39. The topological polar surface area (TPSA) is 28.2 Å². The molecule has 4 heteroatoms. The molecular formula is C12H21N3S. The molecule has 0 aromatic carbocycles. The zero-order chi connectivity index (χ0) is 11.8. The van der Waals surface area contributed by atoms with Crippen LogP contribution in [-0.2, 0) is 6.54 Å². The van der Waals surface area contributed by atoms with Crippen molar-refractivity contribution in [3.63, 3.8) is 0 Å². The molecule has 0 saturated carbocycles. The van der Waals surface area contributed by atoms with E-state index in [-0.39, 0.29) is 11.1 Å². The average molecular weight is 239 g/mol. The van der Waals surface area contributed by atoms with E-state index in [2.05, 4.69) is 48.3 Å². The maximum atomic E-state index is 4.38. The monoisotopic (exact) mass is 239 g/mol. The van der Waals surface area contributed by atoms with Gasteiger partial charge in [0.25, 0.3) is 0 Å². The third-order valence-electron chi connectivity index (χ3n) is 3.25. The van der Waals surface area contributed by atoms with Crippen molar-refractivity contribution in [2.75, 3.05) is 13.1 Å². The first-order valence-corrected chi connectivity index (χ1v) is 6.65. The smallest absolute Gasteiger partial charge is 0.107 e. The van der Waals surface area contributed by atoms with Crippen molar-refractivity contribution in [3.8, 4) is 0 Å². The first-order valence-electron chi connectivity index (χ1n) is 5.78. The lowest BCUT2D eigenvalue weighted by atomic mass is 9.91. The van der Waals surface area contributed by atoms with Crippen LogP contribution in [0.1, 0.15) is 32.7 Å². The molecule has 0 radical (unpaired) electrons. The molecule has 3 nitrogen and oxygen atoms in total. The SMILES string of the molecule is CC1(C)CN(Cc2nccs2)C(C)(C)CN1. The highest BCUT2D eigenvalue weighted by molar-refractivity contribution is 7.09. The van der Waals surface area contributed by atoms with Crippen molar-refractivity contribution in [3.05, 3.63) is 16.6 Å². The van der Waals surface area contributed by atoms with E-state index >= 15 is 0 Å². The molecule has 1 aliphatic heterocycles. The van der Waals surface area contributed by atoms with Crippen LogP contribution in [0.15, 0.2) is 11.6 Å². The zero-order valence-electron chi connectivity index (χ0n) is 10.6. The Morgan fingerprint density at radius 2 is 2.19 bits per heavy atom. The quantitative estimate of drug-likeness (QED) is 0.856. The Hall–Kier alpha value is -0.450. The zero-order valence-corrected chi connectivity index (χ0v) is 11.4. The predicted octanol–water partition coefficient (Wildman–Crippen LogP) is 2.11. The van der Waals surface area contributed by atoms with Crippen LogP contribution in [0.5, 0.6) is 0 Å². The Kier molecular flexibility index (Phi) is 3.07. The molecule has 1 N–H and O–H groups in total. The summed E-state index contributed by atoms with van der Waals surface area (Å²) in [5, 5.41) is 6.86. The van der Waals surface area contributed by atoms with Crippen molar-refractivity contribution in [1.29, 1.82) is 0 Å². The molecule has 1 fully saturated rings. The molecule has 1 saturated heterocycles. The van der Waals surface area contributed by atoms with Gasteiger partial charge in [-0.1, -0.05) is 0 Å². The lowest BCUT2D eigenvalue weighted by molar-refractivity contribution is 0.0323. The van der Waals surface area contributed by atoms with Crippen LogP contribution in [0.25, 0.3) is 0 Å². The van der Waals surface area contributed by atoms with Gasteiger partial charge in [-0.05, 0) is 27.7 Å². The molecule has 0 unspecified atom stereocenters. The Balaban J connectivity index is 2.10. The largest absolute Gasteiger partial charge is 0.309 e. The van der Waals surface area contributed by atoms with Gasteiger partial charge in [-0.25, -0.2) is 4.98 Å². The molecule has 1 aromatic rings. The van der Waals surface area contributed by atoms with E-state index in [9.17, 15) is 0 Å². The number of thiazole rings is 1. The van der Waals surface area contributed by atoms with E-state index in [1.165, 1.54) is 5.01 Å². The highest BCUT2D eigenvalue weighted by Gasteiger charge is 2.37. The number of piperazine rings is 1. The summed E-state index contributed by atoms with van der Waals surface area (Å²) < 4.78 is 0. The van der Waals surface area contributed by atoms with Crippen LogP contribution in [0.3, 0.4) is 0 Å². The standard InChI is InChI=1S/C12H21N3S/c1-11(2)9-15(12(3,4)8-14-11)7-10-13-5-6-16-10/h5-6,14H,7-9H2,1-4H3. The summed E-state index contributed by atoms with van der Waals surface area (Å²) in [4.78, 5) is 6.91. The Labute approximate surface area is 102 Å². The summed E-state index contributed by atoms with van der Waals surface area (Å²) in [6.45, 7) is 12.2. The van der Waals surface area contributed by atoms with Gasteiger partial charge in [0.15, 0.2) is 0 Å². The van der Waals surface area contributed by atoms with Crippen molar-refractivity contribution in [2.45, 2.75) is 45.3 Å². The molecule has 2 heterocycles. The van der Waals surface area contributed by atoms with Crippen molar-refractivity contribution < 1.29 is 0 Å². The number of aromatic nitrogens is 1. The average Bonchev–Trinajstić information content (AvgIpc) is 2.65. The van der Waals surface area contributed by atoms with Crippen molar-refractivity contribution in [2.24, 2.45) is 0 Å². The lowest BCUT2D eigenvalue weighted by Crippen LogP contribution is -2.65. The van der Waals surface area contributed by atoms with E-state index in [4.69, 9.17) is 0 Å². The highest BCUT2D eigenvalue weighted by Crippen LogP contribution is 2.25. The molecule has 0 atom stereocenters. The van der Waals surface area contributed by atoms with E-state index in [0.717, 1.165) is 19.6 Å². The fraction of sp³-hybridized carbons (Fsp3) is 0.750. The van der Waals surface area contributed by atoms with Gasteiger partial charge in [0.05, 0.1) is 6.54 Å². The Bertz CT molecular complexity index is 343. The van der Waals surface area contributed by atoms with E-state index in [1.54, 1.807) is 11.3 Å². The van der Waals surface area contributed by atoms with Gasteiger partial charge in [-0.2, -0.15) is 0 Å². The Morgan fingerprint density at radius 1 is 1.44 bits per heavy atom. The van der Waals surface area contributed by atoms with Crippen LogP contribution < -0.4 is 5.32 Å². The summed E-state index contributed by atoms with van der Waals surface area (Å²) in [5.74, 6) is 0. The molecule has 0 amide bonds. The van der Waals surface area contributed by atoms with Gasteiger partial charge in [-0.3, -0.25) is 4.90 Å². The molecule has 1 aromatic heterocycles. The van der Waals surface area contributed by atoms with Crippen LogP contribution in [0.2, 0.25) is 0 Å². The molecule has 2 rings (SSSR count). The fourth-order valence-corrected chi connectivity index (χ4v) is 2.71. The van der Waals surface area contributed by atoms with Crippen LogP contribution in [0.4, 0.5) is 0 Å². The summed E-state index contributed by atoms with van der Waals surface area (Å²) in [6.07, 6.45) is 1.89. The van der Waals surface area contributed by atoms with E-state index in [0.29, 0.717) is 0 Å². The van der Waals surface area contributed by atoms with Gasteiger partial charge < -0.3 is 5.32 Å². The molecule has 0 spiro atoms. The molecule has 1 aliphatic rings. The summed E-state index contributed by atoms with van der Waals surface area (Å²) in [6, 6.07) is 0. The number of nitrogens with one attached hydrogen (secondary N) is 1. The maximum absolute atomic E-state index is 4.38. The lowest BCUT2D eigenvalue weighted by Gasteiger charge is -2.49. The van der Waals surface area contributed by atoms with Crippen LogP contribution in [-0.4, -0.2) is 34.1 Å². The Morgan fingerprint density at radius 3 is 2.81 bits per heavy atom. The van der Waals surface area contributed by atoms with Crippen LogP contribution in [0, 0.1) is 0 Å². The minimum Gasteiger partial charge on any atom is -0.309 e. The number of nitrogens with zero attached hydrogens (tertiary/aromatic N) is 2. The van der Waals surface area contributed by atoms with Gasteiger partial charge in [-0.15, -0.1) is 11.3 Å².